The highest BCUT2D eigenvalue weighted by Gasteiger charge is 2.15. The van der Waals surface area contributed by atoms with Crippen molar-refractivity contribution in [3.8, 4) is 0 Å². The van der Waals surface area contributed by atoms with Crippen LogP contribution >= 0.6 is 0 Å². The van der Waals surface area contributed by atoms with Gasteiger partial charge >= 0.3 is 0 Å². The van der Waals surface area contributed by atoms with Gasteiger partial charge in [-0.15, -0.1) is 0 Å². The summed E-state index contributed by atoms with van der Waals surface area (Å²) >= 11 is 0. The SMILES string of the molecule is c1cc(C2=NCCN2)ccc1COC1CCCC1. The molecule has 0 spiro atoms. The van der Waals surface area contributed by atoms with Crippen molar-refractivity contribution in [3.05, 3.63) is 35.4 Å². The van der Waals surface area contributed by atoms with E-state index in [1.165, 1.54) is 36.8 Å². The maximum absolute atomic E-state index is 5.91. The molecule has 3 heteroatoms. The maximum atomic E-state index is 5.91. The molecule has 0 bridgehead atoms. The fraction of sp³-hybridized carbons (Fsp3) is 0.533. The lowest BCUT2D eigenvalue weighted by Crippen LogP contribution is -2.19. The van der Waals surface area contributed by atoms with Crippen molar-refractivity contribution in [1.82, 2.24) is 5.32 Å². The Morgan fingerprint density at radius 3 is 2.61 bits per heavy atom. The third kappa shape index (κ3) is 2.72. The van der Waals surface area contributed by atoms with Gasteiger partial charge in [0.2, 0.25) is 0 Å². The summed E-state index contributed by atoms with van der Waals surface area (Å²) in [6, 6.07) is 8.55. The molecule has 1 N–H and O–H groups in total. The average molecular weight is 244 g/mol. The van der Waals surface area contributed by atoms with E-state index in [1.807, 2.05) is 0 Å². The van der Waals surface area contributed by atoms with Crippen molar-refractivity contribution < 1.29 is 4.74 Å². The topological polar surface area (TPSA) is 33.6 Å². The molecule has 1 aliphatic heterocycles. The lowest BCUT2D eigenvalue weighted by atomic mass is 10.1. The number of hydrogen-bond donors (Lipinski definition) is 1. The molecule has 1 aliphatic carbocycles. The first-order chi connectivity index (χ1) is 8.92. The molecule has 18 heavy (non-hydrogen) atoms. The highest BCUT2D eigenvalue weighted by Crippen LogP contribution is 2.22. The number of rotatable bonds is 4. The molecular weight excluding hydrogens is 224 g/mol. The van der Waals surface area contributed by atoms with Crippen molar-refractivity contribution in [2.75, 3.05) is 13.1 Å². The largest absolute Gasteiger partial charge is 0.374 e. The summed E-state index contributed by atoms with van der Waals surface area (Å²) in [5.41, 5.74) is 2.43. The molecule has 2 aliphatic rings. The third-order valence-electron chi connectivity index (χ3n) is 3.69. The van der Waals surface area contributed by atoms with Crippen LogP contribution in [-0.4, -0.2) is 25.0 Å². The van der Waals surface area contributed by atoms with Crippen LogP contribution < -0.4 is 5.32 Å². The lowest BCUT2D eigenvalue weighted by molar-refractivity contribution is 0.0457. The molecule has 1 fully saturated rings. The van der Waals surface area contributed by atoms with Crippen LogP contribution in [0.2, 0.25) is 0 Å². The van der Waals surface area contributed by atoms with Crippen LogP contribution in [0.3, 0.4) is 0 Å². The first-order valence-electron chi connectivity index (χ1n) is 6.91. The van der Waals surface area contributed by atoms with E-state index in [4.69, 9.17) is 4.74 Å². The minimum Gasteiger partial charge on any atom is -0.374 e. The number of aliphatic imine (C=N–C) groups is 1. The summed E-state index contributed by atoms with van der Waals surface area (Å²) < 4.78 is 5.91. The van der Waals surface area contributed by atoms with Gasteiger partial charge in [0.05, 0.1) is 19.3 Å². The Labute approximate surface area is 108 Å². The molecule has 0 saturated heterocycles. The zero-order chi connectivity index (χ0) is 12.2. The minimum atomic E-state index is 0.491. The zero-order valence-corrected chi connectivity index (χ0v) is 10.7. The van der Waals surface area contributed by atoms with Crippen LogP contribution in [-0.2, 0) is 11.3 Å². The molecule has 96 valence electrons. The zero-order valence-electron chi connectivity index (χ0n) is 10.7. The molecular formula is C15H20N2O. The molecule has 0 aromatic heterocycles. The van der Waals surface area contributed by atoms with Gasteiger partial charge in [-0.3, -0.25) is 4.99 Å². The summed E-state index contributed by atoms with van der Waals surface area (Å²) in [5, 5.41) is 3.29. The van der Waals surface area contributed by atoms with Gasteiger partial charge < -0.3 is 10.1 Å². The monoisotopic (exact) mass is 244 g/mol. The Morgan fingerprint density at radius 1 is 1.17 bits per heavy atom. The van der Waals surface area contributed by atoms with Crippen molar-refractivity contribution in [2.45, 2.75) is 38.4 Å². The number of amidine groups is 1. The van der Waals surface area contributed by atoms with Gasteiger partial charge in [0, 0.05) is 12.1 Å². The van der Waals surface area contributed by atoms with Crippen LogP contribution in [0.15, 0.2) is 29.3 Å². The smallest absolute Gasteiger partial charge is 0.128 e. The van der Waals surface area contributed by atoms with Crippen LogP contribution in [0.25, 0.3) is 0 Å². The van der Waals surface area contributed by atoms with Crippen molar-refractivity contribution in [3.63, 3.8) is 0 Å². The second kappa shape index (κ2) is 5.53. The quantitative estimate of drug-likeness (QED) is 0.883. The highest BCUT2D eigenvalue weighted by atomic mass is 16.5. The number of ether oxygens (including phenoxy) is 1. The standard InChI is InChI=1S/C15H20N2O/c1-2-4-14(3-1)18-11-12-5-7-13(8-6-12)15-16-9-10-17-15/h5-8,14H,1-4,9-11H2,(H,16,17). The Bertz CT molecular complexity index is 419. The number of benzene rings is 1. The Hall–Kier alpha value is -1.35. The molecule has 0 radical (unpaired) electrons. The summed E-state index contributed by atoms with van der Waals surface area (Å²) in [5.74, 6) is 1.03. The van der Waals surface area contributed by atoms with Crippen LogP contribution in [0.1, 0.15) is 36.8 Å². The molecule has 3 rings (SSSR count). The molecule has 1 saturated carbocycles. The second-order valence-corrected chi connectivity index (χ2v) is 5.07. The van der Waals surface area contributed by atoms with Gasteiger partial charge in [-0.05, 0) is 18.4 Å². The fourth-order valence-electron chi connectivity index (χ4n) is 2.62. The van der Waals surface area contributed by atoms with E-state index in [-0.39, 0.29) is 0 Å². The summed E-state index contributed by atoms with van der Waals surface area (Å²) in [4.78, 5) is 4.42. The van der Waals surface area contributed by atoms with Gasteiger partial charge in [-0.2, -0.15) is 0 Å². The fourth-order valence-corrected chi connectivity index (χ4v) is 2.62. The van der Waals surface area contributed by atoms with Crippen LogP contribution in [0.5, 0.6) is 0 Å². The predicted octanol–water partition coefficient (Wildman–Crippen LogP) is 2.50. The van der Waals surface area contributed by atoms with Crippen molar-refractivity contribution in [2.24, 2.45) is 4.99 Å². The highest BCUT2D eigenvalue weighted by molar-refractivity contribution is 5.99. The van der Waals surface area contributed by atoms with E-state index >= 15 is 0 Å². The Kier molecular flexibility index (Phi) is 3.60. The molecule has 1 heterocycles. The lowest BCUT2D eigenvalue weighted by Gasteiger charge is -2.11. The molecule has 1 aromatic carbocycles. The van der Waals surface area contributed by atoms with Crippen LogP contribution in [0.4, 0.5) is 0 Å². The Morgan fingerprint density at radius 2 is 1.94 bits per heavy atom. The number of nitrogens with zero attached hydrogens (tertiary/aromatic N) is 1. The molecule has 1 aromatic rings. The van der Waals surface area contributed by atoms with Gasteiger partial charge in [-0.25, -0.2) is 0 Å². The van der Waals surface area contributed by atoms with Crippen molar-refractivity contribution >= 4 is 5.84 Å². The molecule has 0 atom stereocenters. The van der Waals surface area contributed by atoms with E-state index in [2.05, 4.69) is 34.6 Å². The van der Waals surface area contributed by atoms with E-state index in [0.717, 1.165) is 25.5 Å². The average Bonchev–Trinajstić information content (AvgIpc) is 3.10. The molecule has 0 unspecified atom stereocenters. The van der Waals surface area contributed by atoms with Gasteiger partial charge in [0.1, 0.15) is 5.84 Å². The van der Waals surface area contributed by atoms with E-state index < -0.39 is 0 Å². The second-order valence-electron chi connectivity index (χ2n) is 5.07. The van der Waals surface area contributed by atoms with E-state index in [0.29, 0.717) is 6.10 Å². The number of nitrogens with one attached hydrogen (secondary N) is 1. The third-order valence-corrected chi connectivity index (χ3v) is 3.69. The normalized spacial score (nSPS) is 19.9. The maximum Gasteiger partial charge on any atom is 0.128 e. The Balaban J connectivity index is 1.56. The van der Waals surface area contributed by atoms with Gasteiger partial charge in [0.25, 0.3) is 0 Å². The van der Waals surface area contributed by atoms with Crippen molar-refractivity contribution in [1.29, 1.82) is 0 Å². The first kappa shape index (κ1) is 11.7. The van der Waals surface area contributed by atoms with E-state index in [9.17, 15) is 0 Å². The molecule has 3 nitrogen and oxygen atoms in total. The van der Waals surface area contributed by atoms with Crippen LogP contribution in [0, 0.1) is 0 Å². The van der Waals surface area contributed by atoms with Gasteiger partial charge in [-0.1, -0.05) is 37.1 Å². The summed E-state index contributed by atoms with van der Waals surface area (Å²) in [7, 11) is 0. The summed E-state index contributed by atoms with van der Waals surface area (Å²) in [6.07, 6.45) is 5.62. The predicted molar refractivity (Wildman–Crippen MR) is 72.9 cm³/mol. The van der Waals surface area contributed by atoms with Gasteiger partial charge in [0.15, 0.2) is 0 Å². The molecule has 0 amide bonds. The summed E-state index contributed by atoms with van der Waals surface area (Å²) in [6.45, 7) is 2.59. The minimum absolute atomic E-state index is 0.491. The number of hydrogen-bond acceptors (Lipinski definition) is 3. The van der Waals surface area contributed by atoms with E-state index in [1.54, 1.807) is 0 Å². The first-order valence-corrected chi connectivity index (χ1v) is 6.91.